The van der Waals surface area contributed by atoms with Crippen LogP contribution in [0.4, 0.5) is 11.4 Å². The number of fused-ring (bicyclic) bond motifs is 2. The molecule has 0 aliphatic carbocycles. The second-order valence-electron chi connectivity index (χ2n) is 10.4. The number of para-hydroxylation sites is 2. The average Bonchev–Trinajstić information content (AvgIpc) is 3.26. The van der Waals surface area contributed by atoms with Gasteiger partial charge in [-0.25, -0.2) is 0 Å². The van der Waals surface area contributed by atoms with Crippen molar-refractivity contribution >= 4 is 35.0 Å². The van der Waals surface area contributed by atoms with E-state index in [2.05, 4.69) is 0 Å². The van der Waals surface area contributed by atoms with Gasteiger partial charge in [-0.05, 0) is 67.4 Å². The van der Waals surface area contributed by atoms with Crippen LogP contribution in [-0.2, 0) is 4.79 Å². The highest BCUT2D eigenvalue weighted by Gasteiger charge is 2.42. The number of nitrogens with zero attached hydrogens (tertiary/aromatic N) is 3. The molecule has 6 rings (SSSR count). The third-order valence-corrected chi connectivity index (χ3v) is 7.88. The Hall–Kier alpha value is -5.24. The van der Waals surface area contributed by atoms with Crippen LogP contribution < -0.4 is 14.5 Å². The van der Waals surface area contributed by atoms with Gasteiger partial charge in [-0.15, -0.1) is 0 Å². The monoisotopic (exact) mass is 559 g/mol. The van der Waals surface area contributed by atoms with Gasteiger partial charge in [0.25, 0.3) is 17.7 Å². The Kier molecular flexibility index (Phi) is 7.04. The molecule has 0 N–H and O–H groups in total. The molecular weight excluding hydrogens is 530 g/mol. The van der Waals surface area contributed by atoms with E-state index in [1.165, 1.54) is 0 Å². The first-order valence-corrected chi connectivity index (χ1v) is 13.8. The second-order valence-corrected chi connectivity index (χ2v) is 10.4. The topological polar surface area (TPSA) is 87.2 Å². The predicted octanol–water partition coefficient (Wildman–Crippen LogP) is 5.50. The number of methoxy groups -OCH3 is 1. The summed E-state index contributed by atoms with van der Waals surface area (Å²) in [4.78, 5) is 58.6. The number of ether oxygens (including phenoxy) is 1. The van der Waals surface area contributed by atoms with Crippen LogP contribution in [0.25, 0.3) is 0 Å². The maximum absolute atomic E-state index is 14.2. The summed E-state index contributed by atoms with van der Waals surface area (Å²) in [5.41, 5.74) is 3.22. The molecule has 0 radical (unpaired) electrons. The highest BCUT2D eigenvalue weighted by Crippen LogP contribution is 2.43. The largest absolute Gasteiger partial charge is 0.497 e. The Labute approximate surface area is 243 Å². The number of hydrogen-bond donors (Lipinski definition) is 0. The van der Waals surface area contributed by atoms with Crippen molar-refractivity contribution in [2.45, 2.75) is 25.4 Å². The number of hydrogen-bond acceptors (Lipinski definition) is 5. The number of carbonyl (C=O) groups excluding carboxylic acids is 4. The number of anilines is 2. The first-order valence-electron chi connectivity index (χ1n) is 13.8. The number of rotatable bonds is 6. The smallest absolute Gasteiger partial charge is 0.262 e. The van der Waals surface area contributed by atoms with Gasteiger partial charge in [0.2, 0.25) is 5.91 Å². The minimum absolute atomic E-state index is 0.170. The summed E-state index contributed by atoms with van der Waals surface area (Å²) in [6.07, 6.45) is 0.440. The summed E-state index contributed by atoms with van der Waals surface area (Å²) in [6.45, 7) is 1.56. The van der Waals surface area contributed by atoms with Crippen LogP contribution in [0, 0.1) is 0 Å². The van der Waals surface area contributed by atoms with E-state index in [1.807, 2.05) is 61.5 Å². The maximum atomic E-state index is 14.2. The van der Waals surface area contributed by atoms with E-state index >= 15 is 0 Å². The first-order chi connectivity index (χ1) is 20.4. The van der Waals surface area contributed by atoms with Gasteiger partial charge in [0, 0.05) is 23.0 Å². The molecule has 8 heteroatoms. The van der Waals surface area contributed by atoms with Crippen molar-refractivity contribution in [2.75, 3.05) is 23.5 Å². The molecule has 2 aliphatic rings. The zero-order chi connectivity index (χ0) is 29.4. The summed E-state index contributed by atoms with van der Waals surface area (Å²) in [6, 6.07) is 29.7. The minimum atomic E-state index is -0.482. The van der Waals surface area contributed by atoms with Crippen LogP contribution in [0.5, 0.6) is 5.75 Å². The summed E-state index contributed by atoms with van der Waals surface area (Å²) < 4.78 is 5.34. The van der Waals surface area contributed by atoms with Gasteiger partial charge in [0.15, 0.2) is 0 Å². The molecule has 2 aliphatic heterocycles. The van der Waals surface area contributed by atoms with Gasteiger partial charge in [-0.2, -0.15) is 0 Å². The molecule has 0 unspecified atom stereocenters. The van der Waals surface area contributed by atoms with Gasteiger partial charge in [0.1, 0.15) is 12.3 Å². The molecule has 0 bridgehead atoms. The Morgan fingerprint density at radius 1 is 0.833 bits per heavy atom. The van der Waals surface area contributed by atoms with Crippen LogP contribution in [0.15, 0.2) is 103 Å². The molecule has 2 heterocycles. The molecule has 0 saturated carbocycles. The van der Waals surface area contributed by atoms with Crippen LogP contribution >= 0.6 is 0 Å². The lowest BCUT2D eigenvalue weighted by Gasteiger charge is -2.43. The standard InChI is InChI=1S/C34H29N3O5/c1-22-19-30(28-17-8-9-18-29(28)36(22)32(39)23-11-10-14-25(20-23)42-2)37(24-12-4-3-5-13-24)31(38)21-35-33(40)26-15-6-7-16-27(26)34(35)41/h3-18,20,22,30H,19,21H2,1-2H3/t22-,30+/m1/s1. The molecule has 0 saturated heterocycles. The molecule has 2 atom stereocenters. The summed E-state index contributed by atoms with van der Waals surface area (Å²) in [5.74, 6) is -0.939. The molecule has 4 aromatic carbocycles. The van der Waals surface area contributed by atoms with Crippen molar-refractivity contribution in [3.05, 3.63) is 125 Å². The number of imide groups is 1. The Bertz CT molecular complexity index is 1670. The van der Waals surface area contributed by atoms with E-state index in [9.17, 15) is 19.2 Å². The van der Waals surface area contributed by atoms with Crippen molar-refractivity contribution in [2.24, 2.45) is 0 Å². The zero-order valence-electron chi connectivity index (χ0n) is 23.3. The normalized spacial score (nSPS) is 17.5. The number of carbonyl (C=O) groups is 4. The lowest BCUT2D eigenvalue weighted by atomic mass is 9.89. The molecule has 210 valence electrons. The summed E-state index contributed by atoms with van der Waals surface area (Å²) in [7, 11) is 1.56. The van der Waals surface area contributed by atoms with Crippen molar-refractivity contribution < 1.29 is 23.9 Å². The van der Waals surface area contributed by atoms with Crippen molar-refractivity contribution in [1.29, 1.82) is 0 Å². The fourth-order valence-electron chi connectivity index (χ4n) is 5.91. The molecule has 4 amide bonds. The van der Waals surface area contributed by atoms with Crippen molar-refractivity contribution in [1.82, 2.24) is 4.90 Å². The predicted molar refractivity (Wildman–Crippen MR) is 159 cm³/mol. The Morgan fingerprint density at radius 3 is 2.17 bits per heavy atom. The van der Waals surface area contributed by atoms with Crippen LogP contribution in [0.1, 0.15) is 56.0 Å². The number of benzene rings is 4. The van der Waals surface area contributed by atoms with E-state index < -0.39 is 30.3 Å². The third kappa shape index (κ3) is 4.60. The lowest BCUT2D eigenvalue weighted by molar-refractivity contribution is -0.119. The molecular formula is C34H29N3O5. The molecule has 0 fully saturated rings. The third-order valence-electron chi connectivity index (χ3n) is 7.88. The van der Waals surface area contributed by atoms with E-state index in [-0.39, 0.29) is 11.9 Å². The summed E-state index contributed by atoms with van der Waals surface area (Å²) in [5, 5.41) is 0. The quantitative estimate of drug-likeness (QED) is 0.291. The zero-order valence-corrected chi connectivity index (χ0v) is 23.3. The molecule has 8 nitrogen and oxygen atoms in total. The summed E-state index contributed by atoms with van der Waals surface area (Å²) >= 11 is 0. The Balaban J connectivity index is 1.37. The van der Waals surface area contributed by atoms with Crippen LogP contribution in [0.2, 0.25) is 0 Å². The van der Waals surface area contributed by atoms with Crippen molar-refractivity contribution in [3.63, 3.8) is 0 Å². The van der Waals surface area contributed by atoms with E-state index in [0.29, 0.717) is 40.2 Å². The van der Waals surface area contributed by atoms with Gasteiger partial charge in [0.05, 0.1) is 24.3 Å². The van der Waals surface area contributed by atoms with Crippen molar-refractivity contribution in [3.8, 4) is 5.75 Å². The highest BCUT2D eigenvalue weighted by atomic mass is 16.5. The highest BCUT2D eigenvalue weighted by molar-refractivity contribution is 6.22. The fourth-order valence-corrected chi connectivity index (χ4v) is 5.91. The first kappa shape index (κ1) is 27.0. The van der Waals surface area contributed by atoms with E-state index in [1.54, 1.807) is 65.4 Å². The van der Waals surface area contributed by atoms with Gasteiger partial charge < -0.3 is 14.5 Å². The molecule has 0 aromatic heterocycles. The lowest BCUT2D eigenvalue weighted by Crippen LogP contribution is -2.50. The molecule has 4 aromatic rings. The number of amides is 4. The van der Waals surface area contributed by atoms with E-state index in [4.69, 9.17) is 4.74 Å². The average molecular weight is 560 g/mol. The molecule has 0 spiro atoms. The van der Waals surface area contributed by atoms with Crippen LogP contribution in [0.3, 0.4) is 0 Å². The minimum Gasteiger partial charge on any atom is -0.497 e. The SMILES string of the molecule is COc1cccc(C(=O)N2c3ccccc3[C@@H](N(C(=O)CN3C(=O)c4ccccc4C3=O)c3ccccc3)C[C@H]2C)c1. The second kappa shape index (κ2) is 11.0. The molecule has 42 heavy (non-hydrogen) atoms. The van der Waals surface area contributed by atoms with Gasteiger partial charge >= 0.3 is 0 Å². The Morgan fingerprint density at radius 2 is 1.48 bits per heavy atom. The van der Waals surface area contributed by atoms with Crippen LogP contribution in [-0.4, -0.2) is 48.2 Å². The maximum Gasteiger partial charge on any atom is 0.262 e. The van der Waals surface area contributed by atoms with Gasteiger partial charge in [-0.3, -0.25) is 24.1 Å². The fraction of sp³-hybridized carbons (Fsp3) is 0.176. The van der Waals surface area contributed by atoms with E-state index in [0.717, 1.165) is 10.5 Å². The van der Waals surface area contributed by atoms with Gasteiger partial charge in [-0.1, -0.05) is 54.6 Å².